The van der Waals surface area contributed by atoms with Gasteiger partial charge in [0.25, 0.3) is 0 Å². The Kier molecular flexibility index (Phi) is 6.81. The lowest BCUT2D eigenvalue weighted by atomic mass is 10.00. The predicted molar refractivity (Wildman–Crippen MR) is 135 cm³/mol. The molecule has 2 aromatic heterocycles. The largest absolute Gasteiger partial charge is 0.338 e. The first-order chi connectivity index (χ1) is 16.8. The summed E-state index contributed by atoms with van der Waals surface area (Å²) >= 11 is 1.44. The molecule has 0 spiro atoms. The van der Waals surface area contributed by atoms with E-state index in [1.807, 2.05) is 41.3 Å². The molecule has 7 heteroatoms. The van der Waals surface area contributed by atoms with Crippen molar-refractivity contribution in [2.75, 3.05) is 18.8 Å². The van der Waals surface area contributed by atoms with E-state index < -0.39 is 0 Å². The Hall–Kier alpha value is -3.71. The highest BCUT2D eigenvalue weighted by atomic mass is 32.2. The second-order valence-electron chi connectivity index (χ2n) is 8.09. The highest BCUT2D eigenvalue weighted by Crippen LogP contribution is 2.26. The van der Waals surface area contributed by atoms with E-state index in [1.54, 1.807) is 12.4 Å². The van der Waals surface area contributed by atoms with Crippen LogP contribution in [-0.2, 0) is 11.3 Å². The van der Waals surface area contributed by atoms with Gasteiger partial charge in [-0.05, 0) is 35.3 Å². The zero-order valence-electron chi connectivity index (χ0n) is 18.7. The summed E-state index contributed by atoms with van der Waals surface area (Å²) in [5.74, 6) is 1.22. The van der Waals surface area contributed by atoms with Gasteiger partial charge >= 0.3 is 0 Å². The minimum atomic E-state index is 0.119. The fourth-order valence-corrected chi connectivity index (χ4v) is 4.89. The fraction of sp³-hybridized carbons (Fsp3) is 0.185. The predicted octanol–water partition coefficient (Wildman–Crippen LogP) is 4.80. The molecule has 170 valence electrons. The molecule has 0 saturated carbocycles. The van der Waals surface area contributed by atoms with E-state index >= 15 is 0 Å². The molecule has 0 fully saturated rings. The molecular weight excluding hydrogens is 442 g/mol. The van der Waals surface area contributed by atoms with Crippen LogP contribution < -0.4 is 0 Å². The zero-order valence-corrected chi connectivity index (χ0v) is 19.6. The van der Waals surface area contributed by atoms with E-state index in [2.05, 4.69) is 62.2 Å². The van der Waals surface area contributed by atoms with Gasteiger partial charge in [-0.3, -0.25) is 14.3 Å². The van der Waals surface area contributed by atoms with Gasteiger partial charge < -0.3 is 4.90 Å². The lowest BCUT2D eigenvalue weighted by molar-refractivity contribution is -0.127. The van der Waals surface area contributed by atoms with Crippen LogP contribution in [0.25, 0.3) is 17.0 Å². The topological polar surface area (TPSA) is 63.9 Å². The first kappa shape index (κ1) is 22.1. The van der Waals surface area contributed by atoms with Crippen LogP contribution in [0.2, 0.25) is 0 Å². The van der Waals surface area contributed by atoms with E-state index in [1.165, 1.54) is 22.9 Å². The Morgan fingerprint density at radius 2 is 1.62 bits per heavy atom. The number of rotatable bonds is 7. The maximum atomic E-state index is 13.0. The molecule has 0 N–H and O–H groups in total. The van der Waals surface area contributed by atoms with Crippen LogP contribution in [-0.4, -0.2) is 49.4 Å². The highest BCUT2D eigenvalue weighted by Gasteiger charge is 2.20. The molecule has 2 aromatic carbocycles. The van der Waals surface area contributed by atoms with Gasteiger partial charge in [0, 0.05) is 31.0 Å². The number of hydrogen-bond acceptors (Lipinski definition) is 5. The van der Waals surface area contributed by atoms with Crippen molar-refractivity contribution in [1.29, 1.82) is 0 Å². The van der Waals surface area contributed by atoms with Gasteiger partial charge in [0.05, 0.1) is 12.3 Å². The van der Waals surface area contributed by atoms with E-state index in [-0.39, 0.29) is 5.91 Å². The number of carbonyl (C=O) groups excluding carboxylic acids is 1. The lowest BCUT2D eigenvalue weighted by Crippen LogP contribution is -2.35. The monoisotopic (exact) mass is 467 g/mol. The molecule has 0 atom stereocenters. The lowest BCUT2D eigenvalue weighted by Gasteiger charge is -2.26. The Labute approximate surface area is 203 Å². The number of thioether (sulfide) groups is 1. The minimum Gasteiger partial charge on any atom is -0.338 e. The van der Waals surface area contributed by atoms with Crippen LogP contribution in [0.1, 0.15) is 17.5 Å². The summed E-state index contributed by atoms with van der Waals surface area (Å²) in [5.41, 5.74) is 4.65. The number of benzene rings is 2. The van der Waals surface area contributed by atoms with Gasteiger partial charge in [-0.2, -0.15) is 0 Å². The van der Waals surface area contributed by atoms with Gasteiger partial charge in [-0.25, -0.2) is 0 Å². The molecule has 0 bridgehead atoms. The smallest absolute Gasteiger partial charge is 0.233 e. The first-order valence-electron chi connectivity index (χ1n) is 11.3. The Balaban J connectivity index is 1.29. The van der Waals surface area contributed by atoms with Gasteiger partial charge in [-0.15, -0.1) is 10.2 Å². The van der Waals surface area contributed by atoms with Gasteiger partial charge in [0.2, 0.25) is 5.91 Å². The maximum Gasteiger partial charge on any atom is 0.233 e. The van der Waals surface area contributed by atoms with Crippen LogP contribution in [0.3, 0.4) is 0 Å². The second kappa shape index (κ2) is 10.5. The fourth-order valence-electron chi connectivity index (χ4n) is 4.05. The van der Waals surface area contributed by atoms with E-state index in [4.69, 9.17) is 0 Å². The summed E-state index contributed by atoms with van der Waals surface area (Å²) in [5, 5.41) is 9.61. The average molecular weight is 468 g/mol. The van der Waals surface area contributed by atoms with Crippen LogP contribution in [0.5, 0.6) is 0 Å². The third-order valence-electron chi connectivity index (χ3n) is 5.87. The third kappa shape index (κ3) is 5.10. The highest BCUT2D eigenvalue weighted by molar-refractivity contribution is 7.99. The van der Waals surface area contributed by atoms with Crippen LogP contribution >= 0.6 is 11.8 Å². The van der Waals surface area contributed by atoms with Crippen LogP contribution in [0.4, 0.5) is 0 Å². The number of hydrogen-bond donors (Lipinski definition) is 0. The summed E-state index contributed by atoms with van der Waals surface area (Å²) in [6.45, 7) is 2.01. The Bertz CT molecular complexity index is 1270. The van der Waals surface area contributed by atoms with E-state index in [9.17, 15) is 4.79 Å². The van der Waals surface area contributed by atoms with Crippen molar-refractivity contribution in [3.63, 3.8) is 0 Å². The molecule has 6 nitrogen and oxygen atoms in total. The van der Waals surface area contributed by atoms with Crippen LogP contribution in [0, 0.1) is 0 Å². The SMILES string of the molecule is O=C(CSc1nnc(-c2ccncc2)n1Cc1ccccc1)N1CC=C(c2ccccc2)CC1. The molecule has 0 saturated heterocycles. The third-order valence-corrected chi connectivity index (χ3v) is 6.82. The quantitative estimate of drug-likeness (QED) is 0.366. The summed E-state index contributed by atoms with van der Waals surface area (Å²) in [6.07, 6.45) is 6.54. The number of carbonyl (C=O) groups is 1. The van der Waals surface area contributed by atoms with Gasteiger partial charge in [-0.1, -0.05) is 78.5 Å². The molecule has 4 aromatic rings. The van der Waals surface area contributed by atoms with Crippen molar-refractivity contribution in [2.45, 2.75) is 18.1 Å². The first-order valence-corrected chi connectivity index (χ1v) is 12.3. The molecule has 3 heterocycles. The summed E-state index contributed by atoms with van der Waals surface area (Å²) < 4.78 is 2.08. The zero-order chi connectivity index (χ0) is 23.2. The number of amides is 1. The van der Waals surface area contributed by atoms with Crippen molar-refractivity contribution in [2.24, 2.45) is 0 Å². The van der Waals surface area contributed by atoms with Crippen molar-refractivity contribution in [1.82, 2.24) is 24.6 Å². The van der Waals surface area contributed by atoms with E-state index in [0.717, 1.165) is 35.1 Å². The van der Waals surface area contributed by atoms with E-state index in [0.29, 0.717) is 18.8 Å². The maximum absolute atomic E-state index is 13.0. The molecular formula is C27H25N5OS. The van der Waals surface area contributed by atoms with Crippen molar-refractivity contribution < 1.29 is 4.79 Å². The Morgan fingerprint density at radius 1 is 0.882 bits per heavy atom. The summed E-state index contributed by atoms with van der Waals surface area (Å²) in [7, 11) is 0. The van der Waals surface area contributed by atoms with Crippen molar-refractivity contribution >= 4 is 23.2 Å². The summed E-state index contributed by atoms with van der Waals surface area (Å²) in [6, 6.07) is 24.4. The van der Waals surface area contributed by atoms with Crippen molar-refractivity contribution in [3.05, 3.63) is 102 Å². The Morgan fingerprint density at radius 3 is 2.32 bits per heavy atom. The van der Waals surface area contributed by atoms with Gasteiger partial charge in [0.1, 0.15) is 0 Å². The average Bonchev–Trinajstić information content (AvgIpc) is 3.31. The summed E-state index contributed by atoms with van der Waals surface area (Å²) in [4.78, 5) is 19.0. The molecule has 0 radical (unpaired) electrons. The molecule has 0 aliphatic carbocycles. The molecule has 5 rings (SSSR count). The molecule has 0 unspecified atom stereocenters. The standard InChI is InChI=1S/C27H25N5OS/c33-25(31-17-13-23(14-18-31)22-9-5-2-6-10-22)20-34-27-30-29-26(24-11-15-28-16-12-24)32(27)19-21-7-3-1-4-8-21/h1-13,15-16H,14,17-20H2. The normalized spacial score (nSPS) is 13.5. The van der Waals surface area contributed by atoms with Crippen molar-refractivity contribution in [3.8, 4) is 11.4 Å². The number of aromatic nitrogens is 4. The number of nitrogens with zero attached hydrogens (tertiary/aromatic N) is 5. The molecule has 34 heavy (non-hydrogen) atoms. The molecule has 1 aliphatic heterocycles. The second-order valence-corrected chi connectivity index (χ2v) is 9.03. The molecule has 1 amide bonds. The minimum absolute atomic E-state index is 0.119. The van der Waals surface area contributed by atoms with Gasteiger partial charge in [0.15, 0.2) is 11.0 Å². The number of pyridine rings is 1. The molecule has 1 aliphatic rings. The van der Waals surface area contributed by atoms with Crippen LogP contribution in [0.15, 0.2) is 96.4 Å².